The number of aliphatic hydroxyl groups is 1. The molecular weight excluding hydrogens is 516 g/mol. The van der Waals surface area contributed by atoms with Crippen LogP contribution >= 0.6 is 0 Å². The number of hydrogen-bond donors (Lipinski definition) is 3. The molecular formula is C29H36N4O5S. The highest BCUT2D eigenvalue weighted by Crippen LogP contribution is 2.25. The van der Waals surface area contributed by atoms with E-state index < -0.39 is 16.1 Å². The maximum Gasteiger partial charge on any atom is 0.324 e. The van der Waals surface area contributed by atoms with E-state index >= 15 is 0 Å². The van der Waals surface area contributed by atoms with Gasteiger partial charge >= 0.3 is 6.03 Å². The molecule has 0 aromatic heterocycles. The Hall–Kier alpha value is -3.60. The van der Waals surface area contributed by atoms with Crippen molar-refractivity contribution in [1.29, 1.82) is 0 Å². The average molecular weight is 553 g/mol. The third-order valence-electron chi connectivity index (χ3n) is 6.84. The van der Waals surface area contributed by atoms with Gasteiger partial charge in [0.05, 0.1) is 18.1 Å². The van der Waals surface area contributed by atoms with Gasteiger partial charge in [0.1, 0.15) is 5.75 Å². The molecule has 2 amide bonds. The summed E-state index contributed by atoms with van der Waals surface area (Å²) < 4.78 is 33.1. The molecule has 4 rings (SSSR count). The number of anilines is 2. The molecule has 0 aliphatic carbocycles. The molecule has 0 saturated carbocycles. The molecule has 0 spiro atoms. The molecule has 0 radical (unpaired) electrons. The molecule has 3 aromatic carbocycles. The van der Waals surface area contributed by atoms with Crippen molar-refractivity contribution < 1.29 is 23.1 Å². The molecule has 208 valence electrons. The molecule has 1 atom stereocenters. The largest absolute Gasteiger partial charge is 0.497 e. The molecule has 1 heterocycles. The Bertz CT molecular complexity index is 1360. The number of sulfonamides is 1. The highest BCUT2D eigenvalue weighted by Gasteiger charge is 2.31. The summed E-state index contributed by atoms with van der Waals surface area (Å²) in [6, 6.07) is 22.3. The van der Waals surface area contributed by atoms with Crippen molar-refractivity contribution in [3.8, 4) is 5.75 Å². The smallest absolute Gasteiger partial charge is 0.324 e. The Morgan fingerprint density at radius 2 is 1.72 bits per heavy atom. The number of aliphatic hydroxyl groups excluding tert-OH is 1. The van der Waals surface area contributed by atoms with Crippen LogP contribution in [0.3, 0.4) is 0 Å². The summed E-state index contributed by atoms with van der Waals surface area (Å²) in [5.41, 5.74) is 1.47. The van der Waals surface area contributed by atoms with Crippen molar-refractivity contribution in [2.45, 2.75) is 36.8 Å². The van der Waals surface area contributed by atoms with Crippen LogP contribution in [0.25, 0.3) is 0 Å². The molecule has 1 aliphatic rings. The number of ether oxygens (including phenoxy) is 1. The van der Waals surface area contributed by atoms with Crippen LogP contribution in [0, 0.1) is 0 Å². The molecule has 9 nitrogen and oxygen atoms in total. The number of methoxy groups -OCH3 is 1. The van der Waals surface area contributed by atoms with Crippen LogP contribution in [0.1, 0.15) is 31.9 Å². The number of amides is 2. The average Bonchev–Trinajstić information content (AvgIpc) is 3.31. The molecule has 0 bridgehead atoms. The number of β-amino-alcohol motifs (C(OH)–C–C–N with tert-alkyl or cyclic N) is 1. The monoisotopic (exact) mass is 552 g/mol. The number of nitrogens with one attached hydrogen (secondary N) is 2. The van der Waals surface area contributed by atoms with E-state index in [2.05, 4.69) is 10.0 Å². The second-order valence-electron chi connectivity index (χ2n) is 10.2. The third kappa shape index (κ3) is 7.29. The topological polar surface area (TPSA) is 111 Å². The standard InChI is InChI=1S/C29H36N4O5S/c1-29(2,16-17-32-18-19-33(28(32)35)24-12-14-25(38-3)15-13-24)30-21-27(34)22-8-7-9-23(20-22)31-39(36,37)26-10-5-4-6-11-26/h4-15,20,27,30-31,34H,16-19,21H2,1-3H3/t27-/m0/s1. The second-order valence-corrected chi connectivity index (χ2v) is 11.9. The lowest BCUT2D eigenvalue weighted by molar-refractivity contribution is 0.156. The molecule has 1 saturated heterocycles. The van der Waals surface area contributed by atoms with E-state index in [0.717, 1.165) is 11.4 Å². The van der Waals surface area contributed by atoms with Crippen LogP contribution in [0.15, 0.2) is 83.8 Å². The zero-order chi connectivity index (χ0) is 28.0. The second kappa shape index (κ2) is 12.1. The van der Waals surface area contributed by atoms with Crippen LogP contribution in [0.2, 0.25) is 0 Å². The van der Waals surface area contributed by atoms with Crippen LogP contribution in [-0.4, -0.2) is 63.3 Å². The Balaban J connectivity index is 1.29. The van der Waals surface area contributed by atoms with E-state index in [1.165, 1.54) is 12.1 Å². The van der Waals surface area contributed by atoms with Gasteiger partial charge in [0.15, 0.2) is 0 Å². The highest BCUT2D eigenvalue weighted by molar-refractivity contribution is 7.92. The zero-order valence-corrected chi connectivity index (χ0v) is 23.3. The first kappa shape index (κ1) is 28.4. The van der Waals surface area contributed by atoms with Crippen LogP contribution in [0.4, 0.5) is 16.2 Å². The molecule has 1 aliphatic heterocycles. The number of hydrogen-bond acceptors (Lipinski definition) is 6. The Kier molecular flexibility index (Phi) is 8.79. The molecule has 1 fully saturated rings. The normalized spacial score (nSPS) is 14.9. The van der Waals surface area contributed by atoms with Gasteiger partial charge in [-0.05, 0) is 74.4 Å². The van der Waals surface area contributed by atoms with Gasteiger partial charge in [-0.2, -0.15) is 0 Å². The fourth-order valence-corrected chi connectivity index (χ4v) is 5.48. The van der Waals surface area contributed by atoms with Crippen molar-refractivity contribution >= 4 is 27.4 Å². The number of rotatable bonds is 12. The fourth-order valence-electron chi connectivity index (χ4n) is 4.41. The summed E-state index contributed by atoms with van der Waals surface area (Å²) in [6.45, 7) is 6.20. The van der Waals surface area contributed by atoms with Crippen LogP contribution in [-0.2, 0) is 10.0 Å². The summed E-state index contributed by atoms with van der Waals surface area (Å²) in [6.07, 6.45) is -0.150. The molecule has 3 aromatic rings. The highest BCUT2D eigenvalue weighted by atomic mass is 32.2. The maximum atomic E-state index is 13.0. The van der Waals surface area contributed by atoms with Crippen molar-refractivity contribution in [2.75, 3.05) is 42.9 Å². The molecule has 0 unspecified atom stereocenters. The predicted molar refractivity (Wildman–Crippen MR) is 153 cm³/mol. The van der Waals surface area contributed by atoms with Gasteiger partial charge in [-0.1, -0.05) is 30.3 Å². The van der Waals surface area contributed by atoms with Gasteiger partial charge in [0.2, 0.25) is 0 Å². The molecule has 39 heavy (non-hydrogen) atoms. The number of carbonyl (C=O) groups excluding carboxylic acids is 1. The van der Waals surface area contributed by atoms with Gasteiger partial charge < -0.3 is 20.1 Å². The van der Waals surface area contributed by atoms with Crippen molar-refractivity contribution in [3.63, 3.8) is 0 Å². The zero-order valence-electron chi connectivity index (χ0n) is 22.5. The van der Waals surface area contributed by atoms with Gasteiger partial charge in [-0.15, -0.1) is 0 Å². The minimum Gasteiger partial charge on any atom is -0.497 e. The number of benzene rings is 3. The van der Waals surface area contributed by atoms with Crippen LogP contribution < -0.4 is 19.7 Å². The summed E-state index contributed by atoms with van der Waals surface area (Å²) in [7, 11) is -2.11. The number of carbonyl (C=O) groups is 1. The van der Waals surface area contributed by atoms with Crippen LogP contribution in [0.5, 0.6) is 5.75 Å². The number of nitrogens with zero attached hydrogens (tertiary/aromatic N) is 2. The first-order valence-electron chi connectivity index (χ1n) is 12.9. The van der Waals surface area contributed by atoms with E-state index in [1.54, 1.807) is 54.5 Å². The van der Waals surface area contributed by atoms with Gasteiger partial charge in [0, 0.05) is 43.1 Å². The van der Waals surface area contributed by atoms with E-state index in [4.69, 9.17) is 4.74 Å². The maximum absolute atomic E-state index is 13.0. The van der Waals surface area contributed by atoms with E-state index in [9.17, 15) is 18.3 Å². The summed E-state index contributed by atoms with van der Waals surface area (Å²) in [5, 5.41) is 14.2. The van der Waals surface area contributed by atoms with E-state index in [0.29, 0.717) is 37.3 Å². The van der Waals surface area contributed by atoms with E-state index in [1.807, 2.05) is 43.0 Å². The summed E-state index contributed by atoms with van der Waals surface area (Å²) in [4.78, 5) is 16.7. The Morgan fingerprint density at radius 1 is 1.00 bits per heavy atom. The van der Waals surface area contributed by atoms with Crippen molar-refractivity contribution in [1.82, 2.24) is 10.2 Å². The lowest BCUT2D eigenvalue weighted by atomic mass is 9.99. The quantitative estimate of drug-likeness (QED) is 0.310. The SMILES string of the molecule is COc1ccc(N2CCN(CCC(C)(C)NC[C@H](O)c3cccc(NS(=O)(=O)c4ccccc4)c3)C2=O)cc1. The third-order valence-corrected chi connectivity index (χ3v) is 8.23. The Labute approximate surface area is 230 Å². The molecule has 3 N–H and O–H groups in total. The number of urea groups is 1. The van der Waals surface area contributed by atoms with Gasteiger partial charge in [-0.25, -0.2) is 13.2 Å². The summed E-state index contributed by atoms with van der Waals surface area (Å²) in [5.74, 6) is 0.748. The van der Waals surface area contributed by atoms with E-state index in [-0.39, 0.29) is 23.0 Å². The first-order valence-corrected chi connectivity index (χ1v) is 14.4. The van der Waals surface area contributed by atoms with Gasteiger partial charge in [0.25, 0.3) is 10.0 Å². The first-order chi connectivity index (χ1) is 18.6. The van der Waals surface area contributed by atoms with Gasteiger partial charge in [-0.3, -0.25) is 9.62 Å². The minimum absolute atomic E-state index is 0.0224. The van der Waals surface area contributed by atoms with Crippen molar-refractivity contribution in [3.05, 3.63) is 84.4 Å². The lowest BCUT2D eigenvalue weighted by Crippen LogP contribution is -2.44. The Morgan fingerprint density at radius 3 is 2.41 bits per heavy atom. The van der Waals surface area contributed by atoms with Crippen molar-refractivity contribution in [2.24, 2.45) is 0 Å². The summed E-state index contributed by atoms with van der Waals surface area (Å²) >= 11 is 0. The fraction of sp³-hybridized carbons (Fsp3) is 0.345. The lowest BCUT2D eigenvalue weighted by Gasteiger charge is -2.30. The predicted octanol–water partition coefficient (Wildman–Crippen LogP) is 4.23. The molecule has 10 heteroatoms. The minimum atomic E-state index is -3.72.